The molecule has 0 saturated heterocycles. The fourth-order valence-electron chi connectivity index (χ4n) is 1.78. The molecule has 16 heavy (non-hydrogen) atoms. The molecule has 0 aliphatic carbocycles. The SMILES string of the molecule is Cc1ccc2nc3oc(=O)ccc3cc2c1. The van der Waals surface area contributed by atoms with Crippen LogP contribution in [0.3, 0.4) is 0 Å². The predicted octanol–water partition coefficient (Wildman–Crippen LogP) is 2.65. The van der Waals surface area contributed by atoms with Crippen LogP contribution in [0, 0.1) is 6.92 Å². The van der Waals surface area contributed by atoms with Gasteiger partial charge in [0, 0.05) is 16.8 Å². The average molecular weight is 211 g/mol. The van der Waals surface area contributed by atoms with Gasteiger partial charge in [0.05, 0.1) is 5.52 Å². The van der Waals surface area contributed by atoms with Crippen LogP contribution in [0.5, 0.6) is 0 Å². The molecule has 3 aromatic rings. The van der Waals surface area contributed by atoms with Crippen LogP contribution in [0.1, 0.15) is 5.56 Å². The number of pyridine rings is 1. The Kier molecular flexibility index (Phi) is 1.80. The minimum Gasteiger partial charge on any atom is -0.404 e. The number of hydrogen-bond donors (Lipinski definition) is 0. The summed E-state index contributed by atoms with van der Waals surface area (Å²) in [5.74, 6) is 0. The Morgan fingerprint density at radius 3 is 2.81 bits per heavy atom. The van der Waals surface area contributed by atoms with Crippen LogP contribution in [-0.2, 0) is 0 Å². The first-order valence-corrected chi connectivity index (χ1v) is 5.04. The molecule has 2 aromatic heterocycles. The molecule has 0 saturated carbocycles. The van der Waals surface area contributed by atoms with Gasteiger partial charge in [-0.05, 0) is 31.2 Å². The van der Waals surface area contributed by atoms with Gasteiger partial charge < -0.3 is 4.42 Å². The van der Waals surface area contributed by atoms with Crippen molar-refractivity contribution < 1.29 is 4.42 Å². The van der Waals surface area contributed by atoms with Crippen molar-refractivity contribution in [2.24, 2.45) is 0 Å². The van der Waals surface area contributed by atoms with E-state index in [1.807, 2.05) is 25.1 Å². The maximum Gasteiger partial charge on any atom is 0.337 e. The van der Waals surface area contributed by atoms with Crippen LogP contribution in [0.25, 0.3) is 22.0 Å². The van der Waals surface area contributed by atoms with Gasteiger partial charge in [0.2, 0.25) is 5.71 Å². The van der Waals surface area contributed by atoms with Crippen molar-refractivity contribution in [2.45, 2.75) is 6.92 Å². The Bertz CT molecular complexity index is 744. The summed E-state index contributed by atoms with van der Waals surface area (Å²) in [4.78, 5) is 15.4. The lowest BCUT2D eigenvalue weighted by Gasteiger charge is -2.00. The van der Waals surface area contributed by atoms with Crippen molar-refractivity contribution in [1.29, 1.82) is 0 Å². The smallest absolute Gasteiger partial charge is 0.337 e. The molecule has 78 valence electrons. The maximum absolute atomic E-state index is 11.1. The second-order valence-electron chi connectivity index (χ2n) is 3.83. The minimum atomic E-state index is -0.369. The van der Waals surface area contributed by atoms with Crippen LogP contribution in [0.4, 0.5) is 0 Å². The van der Waals surface area contributed by atoms with Gasteiger partial charge in [0.1, 0.15) is 0 Å². The van der Waals surface area contributed by atoms with Gasteiger partial charge in [-0.1, -0.05) is 11.6 Å². The zero-order valence-electron chi connectivity index (χ0n) is 8.73. The maximum atomic E-state index is 11.1. The van der Waals surface area contributed by atoms with Gasteiger partial charge >= 0.3 is 5.63 Å². The van der Waals surface area contributed by atoms with E-state index in [9.17, 15) is 4.79 Å². The lowest BCUT2D eigenvalue weighted by Crippen LogP contribution is -1.95. The Labute approximate surface area is 91.3 Å². The lowest BCUT2D eigenvalue weighted by atomic mass is 10.1. The summed E-state index contributed by atoms with van der Waals surface area (Å²) in [6.07, 6.45) is 0. The lowest BCUT2D eigenvalue weighted by molar-refractivity contribution is 0.551. The first-order valence-electron chi connectivity index (χ1n) is 5.04. The van der Waals surface area contributed by atoms with Gasteiger partial charge in [-0.25, -0.2) is 9.78 Å². The Morgan fingerprint density at radius 1 is 1.06 bits per heavy atom. The standard InChI is InChI=1S/C13H9NO2/c1-8-2-4-11-10(6-8)7-9-3-5-12(15)16-13(9)14-11/h2-7H,1H3. The molecule has 0 radical (unpaired) electrons. The van der Waals surface area contributed by atoms with Crippen molar-refractivity contribution in [3.63, 3.8) is 0 Å². The highest BCUT2D eigenvalue weighted by Crippen LogP contribution is 2.19. The summed E-state index contributed by atoms with van der Waals surface area (Å²) in [5, 5.41) is 1.90. The average Bonchev–Trinajstić information content (AvgIpc) is 2.26. The largest absolute Gasteiger partial charge is 0.404 e. The number of benzene rings is 1. The highest BCUT2D eigenvalue weighted by atomic mass is 16.4. The van der Waals surface area contributed by atoms with Crippen LogP contribution >= 0.6 is 0 Å². The molecular formula is C13H9NO2. The summed E-state index contributed by atoms with van der Waals surface area (Å²) in [6, 6.07) is 11.1. The van der Waals surface area contributed by atoms with Gasteiger partial charge in [0.25, 0.3) is 0 Å². The van der Waals surface area contributed by atoms with Crippen molar-refractivity contribution in [2.75, 3.05) is 0 Å². The monoisotopic (exact) mass is 211 g/mol. The topological polar surface area (TPSA) is 43.1 Å². The molecule has 0 aliphatic rings. The molecule has 3 nitrogen and oxygen atoms in total. The van der Waals surface area contributed by atoms with Gasteiger partial charge in [0.15, 0.2) is 0 Å². The van der Waals surface area contributed by atoms with E-state index in [2.05, 4.69) is 11.1 Å². The quantitative estimate of drug-likeness (QED) is 0.537. The first-order chi connectivity index (χ1) is 7.72. The molecular weight excluding hydrogens is 202 g/mol. The Balaban J connectivity index is 2.48. The molecule has 3 heteroatoms. The summed E-state index contributed by atoms with van der Waals surface area (Å²) < 4.78 is 5.03. The summed E-state index contributed by atoms with van der Waals surface area (Å²) in [7, 11) is 0. The third kappa shape index (κ3) is 1.37. The molecule has 0 aliphatic heterocycles. The molecule has 0 atom stereocenters. The molecule has 3 rings (SSSR count). The van der Waals surface area contributed by atoms with E-state index in [0.29, 0.717) is 5.71 Å². The number of hydrogen-bond acceptors (Lipinski definition) is 3. The third-order valence-corrected chi connectivity index (χ3v) is 2.56. The number of fused-ring (bicyclic) bond motifs is 2. The van der Waals surface area contributed by atoms with Crippen LogP contribution < -0.4 is 5.63 Å². The van der Waals surface area contributed by atoms with Crippen molar-refractivity contribution >= 4 is 22.0 Å². The van der Waals surface area contributed by atoms with E-state index in [-0.39, 0.29) is 5.63 Å². The Morgan fingerprint density at radius 2 is 1.94 bits per heavy atom. The van der Waals surface area contributed by atoms with E-state index in [0.717, 1.165) is 16.3 Å². The van der Waals surface area contributed by atoms with E-state index in [1.165, 1.54) is 11.6 Å². The van der Waals surface area contributed by atoms with Gasteiger partial charge in [-0.15, -0.1) is 0 Å². The van der Waals surface area contributed by atoms with E-state index in [4.69, 9.17) is 4.42 Å². The zero-order valence-corrected chi connectivity index (χ0v) is 8.73. The second-order valence-corrected chi connectivity index (χ2v) is 3.83. The summed E-state index contributed by atoms with van der Waals surface area (Å²) >= 11 is 0. The molecule has 0 N–H and O–H groups in total. The van der Waals surface area contributed by atoms with Crippen LogP contribution in [0.2, 0.25) is 0 Å². The van der Waals surface area contributed by atoms with E-state index >= 15 is 0 Å². The fraction of sp³-hybridized carbons (Fsp3) is 0.0769. The van der Waals surface area contributed by atoms with Crippen molar-refractivity contribution in [3.8, 4) is 0 Å². The first kappa shape index (κ1) is 9.09. The zero-order chi connectivity index (χ0) is 11.1. The van der Waals surface area contributed by atoms with Crippen molar-refractivity contribution in [3.05, 3.63) is 52.4 Å². The molecule has 0 fully saturated rings. The molecule has 0 spiro atoms. The number of aryl methyl sites for hydroxylation is 1. The fourth-order valence-corrected chi connectivity index (χ4v) is 1.78. The van der Waals surface area contributed by atoms with Gasteiger partial charge in [-0.3, -0.25) is 0 Å². The molecule has 0 bridgehead atoms. The molecule has 0 amide bonds. The molecule has 1 aromatic carbocycles. The summed E-state index contributed by atoms with van der Waals surface area (Å²) in [5.41, 5.74) is 2.05. The molecule has 0 unspecified atom stereocenters. The summed E-state index contributed by atoms with van der Waals surface area (Å²) in [6.45, 7) is 2.04. The highest BCUT2D eigenvalue weighted by Gasteiger charge is 2.02. The highest BCUT2D eigenvalue weighted by molar-refractivity contribution is 5.90. The van der Waals surface area contributed by atoms with E-state index in [1.54, 1.807) is 6.07 Å². The second kappa shape index (κ2) is 3.17. The predicted molar refractivity (Wildman–Crippen MR) is 62.5 cm³/mol. The molecule has 2 heterocycles. The number of aromatic nitrogens is 1. The van der Waals surface area contributed by atoms with Crippen LogP contribution in [0.15, 0.2) is 45.6 Å². The minimum absolute atomic E-state index is 0.369. The Hall–Kier alpha value is -2.16. The van der Waals surface area contributed by atoms with Crippen molar-refractivity contribution in [1.82, 2.24) is 4.98 Å². The van der Waals surface area contributed by atoms with Crippen LogP contribution in [-0.4, -0.2) is 4.98 Å². The van der Waals surface area contributed by atoms with E-state index < -0.39 is 0 Å². The number of nitrogens with zero attached hydrogens (tertiary/aromatic N) is 1. The normalized spacial score (nSPS) is 11.1. The number of rotatable bonds is 0. The third-order valence-electron chi connectivity index (χ3n) is 2.56. The van der Waals surface area contributed by atoms with Gasteiger partial charge in [-0.2, -0.15) is 0 Å².